The number of aliphatic hydroxyl groups excluding tert-OH is 1. The molecule has 2 rings (SSSR count). The SMILES string of the molecule is OCc1ccc(CNc2nccc(C(F)(F)F)n2)cc1. The first-order valence-electron chi connectivity index (χ1n) is 5.82. The second kappa shape index (κ2) is 5.87. The van der Waals surface area contributed by atoms with Crippen molar-refractivity contribution in [1.82, 2.24) is 9.97 Å². The van der Waals surface area contributed by atoms with Crippen molar-refractivity contribution in [3.8, 4) is 0 Å². The number of nitrogens with zero attached hydrogens (tertiary/aromatic N) is 2. The number of rotatable bonds is 4. The number of aliphatic hydroxyl groups is 1. The quantitative estimate of drug-likeness (QED) is 0.905. The minimum Gasteiger partial charge on any atom is -0.392 e. The molecule has 1 heterocycles. The predicted octanol–water partition coefficient (Wildman–Crippen LogP) is 2.60. The lowest BCUT2D eigenvalue weighted by Crippen LogP contribution is -2.11. The second-order valence-corrected chi connectivity index (χ2v) is 4.09. The Morgan fingerprint density at radius 2 is 1.70 bits per heavy atom. The number of alkyl halides is 3. The van der Waals surface area contributed by atoms with Gasteiger partial charge in [0.15, 0.2) is 0 Å². The van der Waals surface area contributed by atoms with E-state index in [1.807, 2.05) is 0 Å². The minimum atomic E-state index is -4.48. The molecule has 0 spiro atoms. The topological polar surface area (TPSA) is 58.0 Å². The molecule has 0 unspecified atom stereocenters. The fourth-order valence-electron chi connectivity index (χ4n) is 1.55. The third kappa shape index (κ3) is 3.67. The van der Waals surface area contributed by atoms with Crippen LogP contribution in [0.5, 0.6) is 0 Å². The Morgan fingerprint density at radius 3 is 2.30 bits per heavy atom. The van der Waals surface area contributed by atoms with Gasteiger partial charge in [-0.2, -0.15) is 13.2 Å². The van der Waals surface area contributed by atoms with E-state index in [0.29, 0.717) is 6.54 Å². The Kier molecular flexibility index (Phi) is 4.19. The zero-order valence-corrected chi connectivity index (χ0v) is 10.4. The van der Waals surface area contributed by atoms with E-state index in [2.05, 4.69) is 15.3 Å². The molecule has 106 valence electrons. The van der Waals surface area contributed by atoms with Crippen molar-refractivity contribution in [2.75, 3.05) is 5.32 Å². The van der Waals surface area contributed by atoms with E-state index < -0.39 is 11.9 Å². The lowest BCUT2D eigenvalue weighted by Gasteiger charge is -2.08. The maximum Gasteiger partial charge on any atom is 0.433 e. The molecule has 0 aliphatic heterocycles. The predicted molar refractivity (Wildman–Crippen MR) is 66.7 cm³/mol. The number of hydrogen-bond acceptors (Lipinski definition) is 4. The first-order chi connectivity index (χ1) is 9.49. The van der Waals surface area contributed by atoms with Crippen LogP contribution in [-0.4, -0.2) is 15.1 Å². The van der Waals surface area contributed by atoms with Gasteiger partial charge < -0.3 is 10.4 Å². The van der Waals surface area contributed by atoms with Crippen LogP contribution in [0.2, 0.25) is 0 Å². The van der Waals surface area contributed by atoms with Crippen LogP contribution in [0.4, 0.5) is 19.1 Å². The zero-order chi connectivity index (χ0) is 14.6. The van der Waals surface area contributed by atoms with Gasteiger partial charge in [-0.25, -0.2) is 9.97 Å². The van der Waals surface area contributed by atoms with Gasteiger partial charge in [0.05, 0.1) is 6.61 Å². The van der Waals surface area contributed by atoms with E-state index >= 15 is 0 Å². The van der Waals surface area contributed by atoms with Gasteiger partial charge in [0.25, 0.3) is 0 Å². The van der Waals surface area contributed by atoms with Crippen molar-refractivity contribution in [3.63, 3.8) is 0 Å². The lowest BCUT2D eigenvalue weighted by atomic mass is 10.1. The van der Waals surface area contributed by atoms with Crippen molar-refractivity contribution < 1.29 is 18.3 Å². The van der Waals surface area contributed by atoms with E-state index in [1.165, 1.54) is 0 Å². The molecule has 0 aliphatic rings. The number of anilines is 1. The van der Waals surface area contributed by atoms with Crippen molar-refractivity contribution in [2.24, 2.45) is 0 Å². The molecule has 0 atom stereocenters. The van der Waals surface area contributed by atoms with Gasteiger partial charge in [0.2, 0.25) is 5.95 Å². The van der Waals surface area contributed by atoms with Crippen LogP contribution in [-0.2, 0) is 19.3 Å². The summed E-state index contributed by atoms with van der Waals surface area (Å²) in [4.78, 5) is 7.15. The molecular weight excluding hydrogens is 271 g/mol. The summed E-state index contributed by atoms with van der Waals surface area (Å²) < 4.78 is 37.4. The molecule has 1 aromatic heterocycles. The Balaban J connectivity index is 2.03. The number of aromatic nitrogens is 2. The molecule has 2 aromatic rings. The van der Waals surface area contributed by atoms with Crippen LogP contribution < -0.4 is 5.32 Å². The fraction of sp³-hybridized carbons (Fsp3) is 0.231. The highest BCUT2D eigenvalue weighted by Crippen LogP contribution is 2.27. The van der Waals surface area contributed by atoms with Gasteiger partial charge in [0, 0.05) is 12.7 Å². The summed E-state index contributed by atoms with van der Waals surface area (Å²) >= 11 is 0. The van der Waals surface area contributed by atoms with E-state index in [1.54, 1.807) is 24.3 Å². The summed E-state index contributed by atoms with van der Waals surface area (Å²) in [7, 11) is 0. The molecule has 0 amide bonds. The highest BCUT2D eigenvalue weighted by atomic mass is 19.4. The van der Waals surface area contributed by atoms with Crippen LogP contribution in [0, 0.1) is 0 Å². The monoisotopic (exact) mass is 283 g/mol. The van der Waals surface area contributed by atoms with Crippen LogP contribution >= 0.6 is 0 Å². The van der Waals surface area contributed by atoms with Gasteiger partial charge >= 0.3 is 6.18 Å². The second-order valence-electron chi connectivity index (χ2n) is 4.09. The molecular formula is C13H12F3N3O. The molecule has 4 nitrogen and oxygen atoms in total. The average Bonchev–Trinajstić information content (AvgIpc) is 2.45. The van der Waals surface area contributed by atoms with Crippen LogP contribution in [0.15, 0.2) is 36.5 Å². The largest absolute Gasteiger partial charge is 0.433 e. The third-order valence-electron chi connectivity index (χ3n) is 2.60. The summed E-state index contributed by atoms with van der Waals surface area (Å²) in [6, 6.07) is 7.84. The lowest BCUT2D eigenvalue weighted by molar-refractivity contribution is -0.141. The van der Waals surface area contributed by atoms with E-state index in [4.69, 9.17) is 5.11 Å². The van der Waals surface area contributed by atoms with Crippen molar-refractivity contribution in [2.45, 2.75) is 19.3 Å². The van der Waals surface area contributed by atoms with Crippen molar-refractivity contribution in [1.29, 1.82) is 0 Å². The first-order valence-corrected chi connectivity index (χ1v) is 5.82. The van der Waals surface area contributed by atoms with Crippen molar-refractivity contribution in [3.05, 3.63) is 53.3 Å². The number of benzene rings is 1. The van der Waals surface area contributed by atoms with Crippen LogP contribution in [0.3, 0.4) is 0 Å². The molecule has 7 heteroatoms. The number of nitrogens with one attached hydrogen (secondary N) is 1. The van der Waals surface area contributed by atoms with Gasteiger partial charge in [-0.15, -0.1) is 0 Å². The van der Waals surface area contributed by atoms with E-state index in [0.717, 1.165) is 23.4 Å². The summed E-state index contributed by atoms with van der Waals surface area (Å²) in [5, 5.41) is 11.6. The molecule has 0 radical (unpaired) electrons. The molecule has 0 bridgehead atoms. The van der Waals surface area contributed by atoms with Crippen LogP contribution in [0.1, 0.15) is 16.8 Å². The minimum absolute atomic E-state index is 0.0511. The van der Waals surface area contributed by atoms with Crippen LogP contribution in [0.25, 0.3) is 0 Å². The Labute approximate surface area is 113 Å². The van der Waals surface area contributed by atoms with Gasteiger partial charge in [-0.05, 0) is 17.2 Å². The Morgan fingerprint density at radius 1 is 1.05 bits per heavy atom. The zero-order valence-electron chi connectivity index (χ0n) is 10.4. The summed E-state index contributed by atoms with van der Waals surface area (Å²) in [5.74, 6) is -0.0777. The van der Waals surface area contributed by atoms with Gasteiger partial charge in [-0.1, -0.05) is 24.3 Å². The number of halogens is 3. The molecule has 20 heavy (non-hydrogen) atoms. The highest BCUT2D eigenvalue weighted by molar-refractivity contribution is 5.30. The molecule has 0 saturated carbocycles. The maximum absolute atomic E-state index is 12.5. The Bertz CT molecular complexity index is 570. The summed E-state index contributed by atoms with van der Waals surface area (Å²) in [5.41, 5.74) is 0.637. The first kappa shape index (κ1) is 14.3. The van der Waals surface area contributed by atoms with E-state index in [9.17, 15) is 13.2 Å². The molecule has 1 aromatic carbocycles. The third-order valence-corrected chi connectivity index (χ3v) is 2.60. The standard InChI is InChI=1S/C13H12F3N3O/c14-13(15,16)11-5-6-17-12(19-11)18-7-9-1-3-10(8-20)4-2-9/h1-6,20H,7-8H2,(H,17,18,19). The molecule has 2 N–H and O–H groups in total. The molecule has 0 fully saturated rings. The maximum atomic E-state index is 12.5. The Hall–Kier alpha value is -2.15. The summed E-state index contributed by atoms with van der Waals surface area (Å²) in [6.07, 6.45) is -3.42. The van der Waals surface area contributed by atoms with Gasteiger partial charge in [-0.3, -0.25) is 0 Å². The smallest absolute Gasteiger partial charge is 0.392 e. The summed E-state index contributed by atoms with van der Waals surface area (Å²) in [6.45, 7) is 0.247. The normalized spacial score (nSPS) is 11.4. The highest BCUT2D eigenvalue weighted by Gasteiger charge is 2.32. The number of hydrogen-bond donors (Lipinski definition) is 2. The molecule has 0 saturated heterocycles. The van der Waals surface area contributed by atoms with E-state index in [-0.39, 0.29) is 12.6 Å². The van der Waals surface area contributed by atoms with Crippen molar-refractivity contribution >= 4 is 5.95 Å². The fourth-order valence-corrected chi connectivity index (χ4v) is 1.55. The average molecular weight is 283 g/mol. The molecule has 0 aliphatic carbocycles. The van der Waals surface area contributed by atoms with Gasteiger partial charge in [0.1, 0.15) is 5.69 Å².